The predicted molar refractivity (Wildman–Crippen MR) is 116 cm³/mol. The van der Waals surface area contributed by atoms with E-state index in [1.165, 1.54) is 24.0 Å². The molecule has 0 unspecified atom stereocenters. The van der Waals surface area contributed by atoms with Gasteiger partial charge in [-0.15, -0.1) is 0 Å². The van der Waals surface area contributed by atoms with E-state index in [0.29, 0.717) is 30.9 Å². The van der Waals surface area contributed by atoms with Gasteiger partial charge in [0.1, 0.15) is 5.75 Å². The van der Waals surface area contributed by atoms with Gasteiger partial charge in [-0.25, -0.2) is 0 Å². The third-order valence-electron chi connectivity index (χ3n) is 6.46. The normalized spacial score (nSPS) is 22.2. The smallest absolute Gasteiger partial charge is 0.222 e. The van der Waals surface area contributed by atoms with Crippen LogP contribution in [0.3, 0.4) is 0 Å². The van der Waals surface area contributed by atoms with E-state index in [4.69, 9.17) is 10.5 Å². The van der Waals surface area contributed by atoms with Gasteiger partial charge in [0.25, 0.3) is 0 Å². The molecule has 1 saturated carbocycles. The Morgan fingerprint density at radius 1 is 1.03 bits per heavy atom. The molecule has 1 aliphatic heterocycles. The lowest BCUT2D eigenvalue weighted by molar-refractivity contribution is -0.130. The van der Waals surface area contributed by atoms with Crippen molar-refractivity contribution in [3.63, 3.8) is 0 Å². The van der Waals surface area contributed by atoms with E-state index in [9.17, 15) is 4.79 Å². The molecule has 1 heterocycles. The highest BCUT2D eigenvalue weighted by Crippen LogP contribution is 2.32. The van der Waals surface area contributed by atoms with Gasteiger partial charge in [0.2, 0.25) is 5.91 Å². The molecule has 2 atom stereocenters. The van der Waals surface area contributed by atoms with Crippen molar-refractivity contribution in [1.29, 1.82) is 0 Å². The van der Waals surface area contributed by atoms with Crippen molar-refractivity contribution in [3.05, 3.63) is 65.7 Å². The highest BCUT2D eigenvalue weighted by molar-refractivity contribution is 5.77. The topological polar surface area (TPSA) is 55.6 Å². The number of nitrogens with two attached hydrogens (primary N) is 1. The fraction of sp³-hybridized carbons (Fsp3) is 0.480. The molecule has 0 bridgehead atoms. The first-order chi connectivity index (χ1) is 14.2. The lowest BCUT2D eigenvalue weighted by Crippen LogP contribution is -2.30. The van der Waals surface area contributed by atoms with Crippen LogP contribution in [0.1, 0.15) is 49.1 Å². The summed E-state index contributed by atoms with van der Waals surface area (Å²) < 4.78 is 6.10. The number of nitrogens with zero attached hydrogens (tertiary/aromatic N) is 1. The summed E-state index contributed by atoms with van der Waals surface area (Å²) in [6.45, 7) is 2.15. The van der Waals surface area contributed by atoms with Crippen molar-refractivity contribution in [1.82, 2.24) is 4.90 Å². The number of aryl methyl sites for hydroxylation is 1. The Morgan fingerprint density at radius 3 is 2.59 bits per heavy atom. The van der Waals surface area contributed by atoms with E-state index in [0.717, 1.165) is 38.1 Å². The minimum atomic E-state index is 0.226. The molecule has 0 radical (unpaired) electrons. The summed E-state index contributed by atoms with van der Waals surface area (Å²) in [5, 5.41) is 0. The zero-order chi connectivity index (χ0) is 20.1. The lowest BCUT2D eigenvalue weighted by atomic mass is 9.89. The minimum absolute atomic E-state index is 0.226. The second kappa shape index (κ2) is 9.45. The number of carbonyl (C=O) groups excluding carboxylic acids is 1. The average molecular weight is 393 g/mol. The molecule has 1 amide bonds. The van der Waals surface area contributed by atoms with Gasteiger partial charge in [0, 0.05) is 25.4 Å². The number of amides is 1. The van der Waals surface area contributed by atoms with Crippen LogP contribution in [0.4, 0.5) is 0 Å². The molecule has 0 spiro atoms. The van der Waals surface area contributed by atoms with Gasteiger partial charge >= 0.3 is 0 Å². The Bertz CT molecular complexity index is 801. The highest BCUT2D eigenvalue weighted by atomic mass is 16.5. The maximum absolute atomic E-state index is 12.9. The number of benzene rings is 2. The molecular weight excluding hydrogens is 360 g/mol. The molecule has 0 aromatic heterocycles. The second-order valence-corrected chi connectivity index (χ2v) is 8.48. The molecule has 1 saturated heterocycles. The van der Waals surface area contributed by atoms with Crippen molar-refractivity contribution >= 4 is 5.91 Å². The van der Waals surface area contributed by atoms with E-state index in [2.05, 4.69) is 36.4 Å². The molecule has 2 aromatic rings. The van der Waals surface area contributed by atoms with E-state index in [1.54, 1.807) is 0 Å². The van der Waals surface area contributed by atoms with Gasteiger partial charge < -0.3 is 15.4 Å². The average Bonchev–Trinajstić information content (AvgIpc) is 3.43. The van der Waals surface area contributed by atoms with E-state index >= 15 is 0 Å². The number of hydrogen-bond acceptors (Lipinski definition) is 3. The third-order valence-corrected chi connectivity index (χ3v) is 6.46. The Balaban J connectivity index is 1.32. The van der Waals surface area contributed by atoms with Crippen LogP contribution in [0, 0.1) is 5.92 Å². The predicted octanol–water partition coefficient (Wildman–Crippen LogP) is 4.14. The first kappa shape index (κ1) is 20.0. The molecule has 2 fully saturated rings. The van der Waals surface area contributed by atoms with Crippen LogP contribution < -0.4 is 10.5 Å². The van der Waals surface area contributed by atoms with Crippen molar-refractivity contribution in [2.75, 3.05) is 19.6 Å². The van der Waals surface area contributed by atoms with Crippen LogP contribution in [-0.2, 0) is 11.2 Å². The standard InChI is InChI=1S/C25H32N2O2/c26-16-21-17-27(18-24(21)20-8-2-1-3-9-20)25(28)14-13-19-7-6-12-23(15-19)29-22-10-4-5-11-22/h1-3,6-9,12,15,21-22,24H,4-5,10-11,13-14,16-18,26H2/t21-,24+/m1/s1. The summed E-state index contributed by atoms with van der Waals surface area (Å²) in [4.78, 5) is 14.9. The van der Waals surface area contributed by atoms with E-state index in [-0.39, 0.29) is 5.91 Å². The van der Waals surface area contributed by atoms with Gasteiger partial charge in [-0.05, 0) is 67.8 Å². The largest absolute Gasteiger partial charge is 0.490 e. The number of rotatable bonds is 7. The van der Waals surface area contributed by atoms with Gasteiger partial charge in [-0.2, -0.15) is 0 Å². The Hall–Kier alpha value is -2.33. The summed E-state index contributed by atoms with van der Waals surface area (Å²) >= 11 is 0. The quantitative estimate of drug-likeness (QED) is 0.770. The monoisotopic (exact) mass is 392 g/mol. The van der Waals surface area contributed by atoms with Crippen LogP contribution in [0.2, 0.25) is 0 Å². The highest BCUT2D eigenvalue weighted by Gasteiger charge is 2.34. The summed E-state index contributed by atoms with van der Waals surface area (Å²) in [5.41, 5.74) is 8.48. The maximum atomic E-state index is 12.9. The number of ether oxygens (including phenoxy) is 1. The van der Waals surface area contributed by atoms with Gasteiger partial charge in [-0.3, -0.25) is 4.79 Å². The van der Waals surface area contributed by atoms with Crippen LogP contribution in [0.15, 0.2) is 54.6 Å². The fourth-order valence-electron chi connectivity index (χ4n) is 4.77. The Morgan fingerprint density at radius 2 is 1.83 bits per heavy atom. The van der Waals surface area contributed by atoms with Crippen LogP contribution in [-0.4, -0.2) is 36.5 Å². The molecule has 2 aliphatic rings. The van der Waals surface area contributed by atoms with Crippen LogP contribution >= 0.6 is 0 Å². The minimum Gasteiger partial charge on any atom is -0.490 e. The molecule has 1 aliphatic carbocycles. The second-order valence-electron chi connectivity index (χ2n) is 8.48. The summed E-state index contributed by atoms with van der Waals surface area (Å²) in [7, 11) is 0. The zero-order valence-corrected chi connectivity index (χ0v) is 17.1. The Kier molecular flexibility index (Phi) is 6.50. The van der Waals surface area contributed by atoms with Crippen molar-refractivity contribution in [2.45, 2.75) is 50.5 Å². The van der Waals surface area contributed by atoms with Gasteiger partial charge in [-0.1, -0.05) is 42.5 Å². The van der Waals surface area contributed by atoms with Gasteiger partial charge in [0.15, 0.2) is 0 Å². The van der Waals surface area contributed by atoms with E-state index in [1.807, 2.05) is 23.1 Å². The molecule has 4 nitrogen and oxygen atoms in total. The Labute approximate surface area is 174 Å². The molecule has 154 valence electrons. The van der Waals surface area contributed by atoms with E-state index < -0.39 is 0 Å². The molecular formula is C25H32N2O2. The lowest BCUT2D eigenvalue weighted by Gasteiger charge is -2.17. The zero-order valence-electron chi connectivity index (χ0n) is 17.1. The SMILES string of the molecule is NC[C@@H]1CN(C(=O)CCc2cccc(OC3CCCC3)c2)C[C@H]1c1ccccc1. The first-order valence-corrected chi connectivity index (χ1v) is 11.0. The maximum Gasteiger partial charge on any atom is 0.222 e. The summed E-state index contributed by atoms with van der Waals surface area (Å²) in [5.74, 6) is 1.84. The molecule has 4 rings (SSSR count). The van der Waals surface area contributed by atoms with Crippen molar-refractivity contribution in [3.8, 4) is 5.75 Å². The fourth-order valence-corrected chi connectivity index (χ4v) is 4.77. The van der Waals surface area contributed by atoms with Crippen molar-refractivity contribution < 1.29 is 9.53 Å². The van der Waals surface area contributed by atoms with Crippen LogP contribution in [0.5, 0.6) is 5.75 Å². The molecule has 2 aromatic carbocycles. The van der Waals surface area contributed by atoms with Gasteiger partial charge in [0.05, 0.1) is 6.10 Å². The first-order valence-electron chi connectivity index (χ1n) is 11.0. The summed E-state index contributed by atoms with van der Waals surface area (Å²) in [6.07, 6.45) is 6.49. The third kappa shape index (κ3) is 4.99. The molecule has 29 heavy (non-hydrogen) atoms. The summed E-state index contributed by atoms with van der Waals surface area (Å²) in [6, 6.07) is 18.7. The number of carbonyl (C=O) groups is 1. The number of likely N-dealkylation sites (tertiary alicyclic amines) is 1. The van der Waals surface area contributed by atoms with Crippen molar-refractivity contribution in [2.24, 2.45) is 11.7 Å². The van der Waals surface area contributed by atoms with Crippen LogP contribution in [0.25, 0.3) is 0 Å². The molecule has 2 N–H and O–H groups in total. The molecule has 4 heteroatoms. The number of hydrogen-bond donors (Lipinski definition) is 1.